The predicted molar refractivity (Wildman–Crippen MR) is 85.1 cm³/mol. The molecule has 2 rings (SSSR count). The van der Waals surface area contributed by atoms with Crippen molar-refractivity contribution in [2.24, 2.45) is 5.92 Å². The molecule has 1 aliphatic heterocycles. The monoisotopic (exact) mass is 296 g/mol. The van der Waals surface area contributed by atoms with Crippen molar-refractivity contribution in [2.45, 2.75) is 89.9 Å². The van der Waals surface area contributed by atoms with Crippen LogP contribution in [0, 0.1) is 5.92 Å². The van der Waals surface area contributed by atoms with Crippen LogP contribution in [0.5, 0.6) is 0 Å². The zero-order chi connectivity index (χ0) is 15.4. The van der Waals surface area contributed by atoms with Gasteiger partial charge in [0.15, 0.2) is 0 Å². The fourth-order valence-electron chi connectivity index (χ4n) is 3.89. The Balaban J connectivity index is 1.83. The minimum absolute atomic E-state index is 0.0735. The molecule has 4 heteroatoms. The van der Waals surface area contributed by atoms with Crippen LogP contribution < -0.4 is 5.32 Å². The van der Waals surface area contributed by atoms with Crippen molar-refractivity contribution in [1.29, 1.82) is 0 Å². The molecule has 0 spiro atoms. The van der Waals surface area contributed by atoms with Crippen LogP contribution in [-0.2, 0) is 4.79 Å². The Hall–Kier alpha value is -0.610. The van der Waals surface area contributed by atoms with E-state index >= 15 is 0 Å². The summed E-state index contributed by atoms with van der Waals surface area (Å²) in [4.78, 5) is 14.8. The minimum atomic E-state index is -0.286. The number of aliphatic hydroxyl groups excluding tert-OH is 1. The van der Waals surface area contributed by atoms with Gasteiger partial charge in [-0.25, -0.2) is 0 Å². The van der Waals surface area contributed by atoms with E-state index in [9.17, 15) is 9.90 Å². The number of nitrogens with one attached hydrogen (secondary N) is 1. The van der Waals surface area contributed by atoms with Gasteiger partial charge in [-0.2, -0.15) is 0 Å². The third-order valence-electron chi connectivity index (χ3n) is 5.28. The first-order valence-electron chi connectivity index (χ1n) is 8.71. The molecular weight excluding hydrogens is 264 g/mol. The van der Waals surface area contributed by atoms with Crippen molar-refractivity contribution in [3.63, 3.8) is 0 Å². The molecule has 0 radical (unpaired) electrons. The SMILES string of the molecule is CC(O)CC1CCCN1C(C)C(=O)NC1CCC(C)CC1. The Morgan fingerprint density at radius 2 is 1.90 bits per heavy atom. The summed E-state index contributed by atoms with van der Waals surface area (Å²) in [6.07, 6.45) is 7.43. The average molecular weight is 296 g/mol. The lowest BCUT2D eigenvalue weighted by Crippen LogP contribution is -2.50. The highest BCUT2D eigenvalue weighted by Crippen LogP contribution is 2.26. The second-order valence-electron chi connectivity index (χ2n) is 7.26. The van der Waals surface area contributed by atoms with Gasteiger partial charge in [-0.1, -0.05) is 6.92 Å². The van der Waals surface area contributed by atoms with Crippen molar-refractivity contribution in [3.05, 3.63) is 0 Å². The molecular formula is C17H32N2O2. The standard InChI is InChI=1S/C17H32N2O2/c1-12-6-8-15(9-7-12)18-17(21)14(3)19-10-4-5-16(19)11-13(2)20/h12-16,20H,4-11H2,1-3H3,(H,18,21). The molecule has 2 fully saturated rings. The van der Waals surface area contributed by atoms with E-state index in [4.69, 9.17) is 0 Å². The zero-order valence-corrected chi connectivity index (χ0v) is 13.8. The minimum Gasteiger partial charge on any atom is -0.393 e. The van der Waals surface area contributed by atoms with E-state index in [0.717, 1.165) is 44.6 Å². The van der Waals surface area contributed by atoms with E-state index in [1.807, 2.05) is 13.8 Å². The quantitative estimate of drug-likeness (QED) is 0.818. The van der Waals surface area contributed by atoms with Gasteiger partial charge < -0.3 is 10.4 Å². The van der Waals surface area contributed by atoms with Crippen LogP contribution in [0.15, 0.2) is 0 Å². The normalized spacial score (nSPS) is 33.6. The van der Waals surface area contributed by atoms with Crippen LogP contribution in [0.4, 0.5) is 0 Å². The van der Waals surface area contributed by atoms with E-state index < -0.39 is 0 Å². The number of amides is 1. The van der Waals surface area contributed by atoms with Gasteiger partial charge in [0.2, 0.25) is 5.91 Å². The third kappa shape index (κ3) is 4.68. The number of rotatable bonds is 5. The molecule has 1 aliphatic carbocycles. The molecule has 3 atom stereocenters. The second-order valence-corrected chi connectivity index (χ2v) is 7.26. The molecule has 21 heavy (non-hydrogen) atoms. The summed E-state index contributed by atoms with van der Waals surface area (Å²) >= 11 is 0. The highest BCUT2D eigenvalue weighted by atomic mass is 16.3. The largest absolute Gasteiger partial charge is 0.393 e. The summed E-state index contributed by atoms with van der Waals surface area (Å²) in [5, 5.41) is 12.9. The van der Waals surface area contributed by atoms with E-state index in [0.29, 0.717) is 12.1 Å². The summed E-state index contributed by atoms with van der Waals surface area (Å²) in [5.41, 5.74) is 0. The van der Waals surface area contributed by atoms with Crippen LogP contribution in [0.25, 0.3) is 0 Å². The van der Waals surface area contributed by atoms with Crippen LogP contribution in [-0.4, -0.2) is 46.7 Å². The highest BCUT2D eigenvalue weighted by molar-refractivity contribution is 5.81. The maximum absolute atomic E-state index is 12.5. The molecule has 1 amide bonds. The van der Waals surface area contributed by atoms with Gasteiger partial charge in [-0.3, -0.25) is 9.69 Å². The van der Waals surface area contributed by atoms with Crippen molar-refractivity contribution in [3.8, 4) is 0 Å². The number of carbonyl (C=O) groups is 1. The second kappa shape index (κ2) is 7.59. The molecule has 1 saturated heterocycles. The molecule has 2 aliphatic rings. The summed E-state index contributed by atoms with van der Waals surface area (Å²) < 4.78 is 0. The summed E-state index contributed by atoms with van der Waals surface area (Å²) in [6.45, 7) is 7.13. The lowest BCUT2D eigenvalue weighted by molar-refractivity contribution is -0.127. The lowest BCUT2D eigenvalue weighted by Gasteiger charge is -2.33. The number of nitrogens with zero attached hydrogens (tertiary/aromatic N) is 1. The number of carbonyl (C=O) groups excluding carboxylic acids is 1. The summed E-state index contributed by atoms with van der Waals surface area (Å²) in [6, 6.07) is 0.654. The van der Waals surface area contributed by atoms with E-state index in [1.165, 1.54) is 12.8 Å². The van der Waals surface area contributed by atoms with Crippen molar-refractivity contribution in [2.75, 3.05) is 6.54 Å². The van der Waals surface area contributed by atoms with E-state index in [1.54, 1.807) is 0 Å². The van der Waals surface area contributed by atoms with Gasteiger partial charge >= 0.3 is 0 Å². The molecule has 4 nitrogen and oxygen atoms in total. The fourth-order valence-corrected chi connectivity index (χ4v) is 3.89. The van der Waals surface area contributed by atoms with Crippen LogP contribution in [0.1, 0.15) is 65.7 Å². The number of likely N-dealkylation sites (tertiary alicyclic amines) is 1. The molecule has 0 bridgehead atoms. The van der Waals surface area contributed by atoms with Gasteiger partial charge in [0.1, 0.15) is 0 Å². The Labute approximate surface area is 129 Å². The summed E-state index contributed by atoms with van der Waals surface area (Å²) in [7, 11) is 0. The van der Waals surface area contributed by atoms with Gasteiger partial charge in [0.25, 0.3) is 0 Å². The fraction of sp³-hybridized carbons (Fsp3) is 0.941. The van der Waals surface area contributed by atoms with Crippen LogP contribution in [0.3, 0.4) is 0 Å². The van der Waals surface area contributed by atoms with E-state index in [2.05, 4.69) is 17.1 Å². The number of hydrogen-bond acceptors (Lipinski definition) is 3. The number of hydrogen-bond donors (Lipinski definition) is 2. The molecule has 0 aromatic carbocycles. The Kier molecular flexibility index (Phi) is 6.06. The maximum Gasteiger partial charge on any atom is 0.237 e. The molecule has 122 valence electrons. The van der Waals surface area contributed by atoms with Crippen molar-refractivity contribution >= 4 is 5.91 Å². The highest BCUT2D eigenvalue weighted by Gasteiger charge is 2.33. The predicted octanol–water partition coefficient (Wildman–Crippen LogP) is 2.31. The lowest BCUT2D eigenvalue weighted by atomic mass is 9.87. The summed E-state index contributed by atoms with van der Waals surface area (Å²) in [5.74, 6) is 0.983. The molecule has 2 N–H and O–H groups in total. The number of aliphatic hydroxyl groups is 1. The maximum atomic E-state index is 12.5. The molecule has 1 heterocycles. The Morgan fingerprint density at radius 3 is 2.52 bits per heavy atom. The van der Waals surface area contributed by atoms with Crippen molar-refractivity contribution in [1.82, 2.24) is 10.2 Å². The molecule has 1 saturated carbocycles. The van der Waals surface area contributed by atoms with Crippen molar-refractivity contribution < 1.29 is 9.90 Å². The Bertz CT molecular complexity index is 338. The molecule has 0 aromatic rings. The topological polar surface area (TPSA) is 52.6 Å². The van der Waals surface area contributed by atoms with Crippen LogP contribution in [0.2, 0.25) is 0 Å². The third-order valence-corrected chi connectivity index (χ3v) is 5.28. The van der Waals surface area contributed by atoms with E-state index in [-0.39, 0.29) is 18.1 Å². The van der Waals surface area contributed by atoms with Gasteiger partial charge in [0, 0.05) is 12.1 Å². The first-order chi connectivity index (χ1) is 9.97. The van der Waals surface area contributed by atoms with Gasteiger partial charge in [0.05, 0.1) is 12.1 Å². The molecule has 0 aromatic heterocycles. The van der Waals surface area contributed by atoms with Gasteiger partial charge in [-0.05, 0) is 71.3 Å². The van der Waals surface area contributed by atoms with Crippen LogP contribution >= 0.6 is 0 Å². The average Bonchev–Trinajstić information content (AvgIpc) is 2.87. The van der Waals surface area contributed by atoms with Gasteiger partial charge in [-0.15, -0.1) is 0 Å². The zero-order valence-electron chi connectivity index (χ0n) is 13.8. The first kappa shape index (κ1) is 16.8. The Morgan fingerprint density at radius 1 is 1.24 bits per heavy atom. The first-order valence-corrected chi connectivity index (χ1v) is 8.71. The molecule has 3 unspecified atom stereocenters. The smallest absolute Gasteiger partial charge is 0.237 e.